The number of methoxy groups -OCH3 is 1. The molecule has 0 amide bonds. The van der Waals surface area contributed by atoms with Crippen LogP contribution in [0.25, 0.3) is 0 Å². The van der Waals surface area contributed by atoms with Crippen molar-refractivity contribution in [1.82, 2.24) is 4.98 Å². The molecule has 0 fully saturated rings. The highest BCUT2D eigenvalue weighted by Gasteiger charge is 2.16. The van der Waals surface area contributed by atoms with Crippen LogP contribution in [-0.2, 0) is 0 Å². The molecule has 0 aliphatic heterocycles. The Hall–Kier alpha value is -1.58. The molecule has 1 unspecified atom stereocenters. The highest BCUT2D eigenvalue weighted by Crippen LogP contribution is 2.31. The lowest BCUT2D eigenvalue weighted by Gasteiger charge is -2.15. The predicted octanol–water partition coefficient (Wildman–Crippen LogP) is 3.13. The third-order valence-electron chi connectivity index (χ3n) is 2.74. The topological polar surface area (TPSA) is 42.4 Å². The minimum atomic E-state index is -0.799. The Kier molecular flexibility index (Phi) is 3.84. The molecule has 0 bridgehead atoms. The van der Waals surface area contributed by atoms with Gasteiger partial charge in [0.1, 0.15) is 11.9 Å². The van der Waals surface area contributed by atoms with E-state index >= 15 is 0 Å². The molecule has 0 saturated heterocycles. The molecule has 18 heavy (non-hydrogen) atoms. The lowest BCUT2D eigenvalue weighted by molar-refractivity contribution is 0.214. The van der Waals surface area contributed by atoms with Crippen LogP contribution >= 0.6 is 11.6 Å². The molecule has 0 aliphatic rings. The zero-order valence-electron chi connectivity index (χ0n) is 10.2. The minimum Gasteiger partial charge on any atom is -0.496 e. The minimum absolute atomic E-state index is 0.560. The third kappa shape index (κ3) is 2.63. The van der Waals surface area contributed by atoms with Gasteiger partial charge in [-0.15, -0.1) is 0 Å². The molecule has 0 spiro atoms. The van der Waals surface area contributed by atoms with E-state index in [1.165, 1.54) is 0 Å². The van der Waals surface area contributed by atoms with Crippen molar-refractivity contribution in [2.24, 2.45) is 0 Å². The fourth-order valence-electron chi connectivity index (χ4n) is 1.74. The summed E-state index contributed by atoms with van der Waals surface area (Å²) in [5, 5.41) is 10.9. The number of pyridine rings is 1. The lowest BCUT2D eigenvalue weighted by Crippen LogP contribution is -2.03. The first kappa shape index (κ1) is 12.9. The van der Waals surface area contributed by atoms with Crippen LogP contribution in [0.2, 0.25) is 5.02 Å². The normalized spacial score (nSPS) is 12.2. The number of hydrogen-bond acceptors (Lipinski definition) is 3. The zero-order chi connectivity index (χ0) is 13.1. The van der Waals surface area contributed by atoms with Gasteiger partial charge in [-0.3, -0.25) is 4.98 Å². The molecule has 1 atom stereocenters. The fourth-order valence-corrected chi connectivity index (χ4v) is 1.92. The van der Waals surface area contributed by atoms with Gasteiger partial charge in [-0.25, -0.2) is 0 Å². The SMILES string of the molecule is COc1ccc(Cl)cc1C(O)c1ccc(C)nc1. The average molecular weight is 264 g/mol. The van der Waals surface area contributed by atoms with Gasteiger partial charge in [-0.1, -0.05) is 17.7 Å². The number of rotatable bonds is 3. The first-order chi connectivity index (χ1) is 8.61. The molecule has 1 aromatic heterocycles. The van der Waals surface area contributed by atoms with Gasteiger partial charge in [0, 0.05) is 28.0 Å². The first-order valence-electron chi connectivity index (χ1n) is 5.56. The van der Waals surface area contributed by atoms with Crippen LogP contribution < -0.4 is 4.74 Å². The number of aliphatic hydroxyl groups is 1. The Morgan fingerprint density at radius 2 is 2.06 bits per heavy atom. The van der Waals surface area contributed by atoms with Gasteiger partial charge in [0.2, 0.25) is 0 Å². The van der Waals surface area contributed by atoms with Crippen molar-refractivity contribution in [2.45, 2.75) is 13.0 Å². The highest BCUT2D eigenvalue weighted by molar-refractivity contribution is 6.30. The molecule has 2 aromatic rings. The number of hydrogen-bond donors (Lipinski definition) is 1. The van der Waals surface area contributed by atoms with Crippen LogP contribution in [0.5, 0.6) is 5.75 Å². The quantitative estimate of drug-likeness (QED) is 0.925. The molecular formula is C14H14ClNO2. The van der Waals surface area contributed by atoms with Crippen LogP contribution in [0, 0.1) is 6.92 Å². The van der Waals surface area contributed by atoms with Crippen LogP contribution in [0.4, 0.5) is 0 Å². The maximum absolute atomic E-state index is 10.3. The highest BCUT2D eigenvalue weighted by atomic mass is 35.5. The van der Waals surface area contributed by atoms with E-state index in [-0.39, 0.29) is 0 Å². The standard InChI is InChI=1S/C14H14ClNO2/c1-9-3-4-10(8-16-9)14(17)12-7-11(15)5-6-13(12)18-2/h3-8,14,17H,1-2H3. The van der Waals surface area contributed by atoms with Crippen LogP contribution in [0.15, 0.2) is 36.5 Å². The summed E-state index contributed by atoms with van der Waals surface area (Å²) in [7, 11) is 1.56. The predicted molar refractivity (Wildman–Crippen MR) is 71.0 cm³/mol. The Morgan fingerprint density at radius 3 is 2.67 bits per heavy atom. The summed E-state index contributed by atoms with van der Waals surface area (Å²) in [5.41, 5.74) is 2.25. The molecule has 94 valence electrons. The largest absolute Gasteiger partial charge is 0.496 e. The van der Waals surface area contributed by atoms with E-state index in [0.29, 0.717) is 21.9 Å². The number of aliphatic hydroxyl groups excluding tert-OH is 1. The molecule has 0 aliphatic carbocycles. The van der Waals surface area contributed by atoms with E-state index < -0.39 is 6.10 Å². The first-order valence-corrected chi connectivity index (χ1v) is 5.93. The summed E-state index contributed by atoms with van der Waals surface area (Å²) < 4.78 is 5.23. The van der Waals surface area contributed by atoms with E-state index in [1.54, 1.807) is 31.5 Å². The maximum atomic E-state index is 10.3. The number of nitrogens with zero attached hydrogens (tertiary/aromatic N) is 1. The molecule has 4 heteroatoms. The van der Waals surface area contributed by atoms with E-state index in [4.69, 9.17) is 16.3 Å². The molecule has 1 heterocycles. The monoisotopic (exact) mass is 263 g/mol. The van der Waals surface area contributed by atoms with Crippen molar-refractivity contribution in [3.05, 3.63) is 58.4 Å². The van der Waals surface area contributed by atoms with Gasteiger partial charge in [0.25, 0.3) is 0 Å². The molecule has 1 aromatic carbocycles. The maximum Gasteiger partial charge on any atom is 0.125 e. The van der Waals surface area contributed by atoms with E-state index in [0.717, 1.165) is 5.69 Å². The smallest absolute Gasteiger partial charge is 0.125 e. The summed E-state index contributed by atoms with van der Waals surface area (Å²) in [6.45, 7) is 1.90. The number of aryl methyl sites for hydroxylation is 1. The van der Waals surface area contributed by atoms with Gasteiger partial charge in [0.05, 0.1) is 7.11 Å². The Balaban J connectivity index is 2.41. The van der Waals surface area contributed by atoms with Crippen LogP contribution in [-0.4, -0.2) is 17.2 Å². The van der Waals surface area contributed by atoms with Crippen molar-refractivity contribution in [3.63, 3.8) is 0 Å². The summed E-state index contributed by atoms with van der Waals surface area (Å²) in [5.74, 6) is 0.604. The van der Waals surface area contributed by atoms with Crippen LogP contribution in [0.3, 0.4) is 0 Å². The molecule has 0 radical (unpaired) electrons. The fraction of sp³-hybridized carbons (Fsp3) is 0.214. The summed E-state index contributed by atoms with van der Waals surface area (Å²) in [6.07, 6.45) is 0.854. The van der Waals surface area contributed by atoms with Crippen molar-refractivity contribution < 1.29 is 9.84 Å². The van der Waals surface area contributed by atoms with Crippen molar-refractivity contribution >= 4 is 11.6 Å². The van der Waals surface area contributed by atoms with Gasteiger partial charge in [-0.2, -0.15) is 0 Å². The molecule has 1 N–H and O–H groups in total. The Labute approximate surface area is 111 Å². The zero-order valence-corrected chi connectivity index (χ0v) is 11.0. The van der Waals surface area contributed by atoms with Crippen LogP contribution in [0.1, 0.15) is 22.9 Å². The summed E-state index contributed by atoms with van der Waals surface area (Å²) >= 11 is 5.95. The second-order valence-electron chi connectivity index (χ2n) is 4.02. The molecule has 3 nitrogen and oxygen atoms in total. The van der Waals surface area contributed by atoms with Gasteiger partial charge in [0.15, 0.2) is 0 Å². The number of halogens is 1. The van der Waals surface area contributed by atoms with Crippen molar-refractivity contribution in [2.75, 3.05) is 7.11 Å². The summed E-state index contributed by atoms with van der Waals surface area (Å²) in [6, 6.07) is 8.86. The summed E-state index contributed by atoms with van der Waals surface area (Å²) in [4.78, 5) is 4.17. The molecule has 2 rings (SSSR count). The molecule has 0 saturated carbocycles. The van der Waals surface area contributed by atoms with E-state index in [9.17, 15) is 5.11 Å². The second-order valence-corrected chi connectivity index (χ2v) is 4.46. The van der Waals surface area contributed by atoms with Crippen molar-refractivity contribution in [3.8, 4) is 5.75 Å². The van der Waals surface area contributed by atoms with E-state index in [1.807, 2.05) is 19.1 Å². The van der Waals surface area contributed by atoms with Gasteiger partial charge in [-0.05, 0) is 31.2 Å². The number of benzene rings is 1. The Morgan fingerprint density at radius 1 is 1.28 bits per heavy atom. The average Bonchev–Trinajstić information content (AvgIpc) is 2.39. The van der Waals surface area contributed by atoms with E-state index in [2.05, 4.69) is 4.98 Å². The van der Waals surface area contributed by atoms with Crippen molar-refractivity contribution in [1.29, 1.82) is 0 Å². The Bertz CT molecular complexity index is 540. The lowest BCUT2D eigenvalue weighted by atomic mass is 10.0. The van der Waals surface area contributed by atoms with Gasteiger partial charge < -0.3 is 9.84 Å². The van der Waals surface area contributed by atoms with Gasteiger partial charge >= 0.3 is 0 Å². The second kappa shape index (κ2) is 5.38. The molecular weight excluding hydrogens is 250 g/mol. The number of ether oxygens (including phenoxy) is 1. The third-order valence-corrected chi connectivity index (χ3v) is 2.97. The number of aromatic nitrogens is 1.